The molecule has 0 radical (unpaired) electrons. The summed E-state index contributed by atoms with van der Waals surface area (Å²) in [5.41, 5.74) is 1.58. The van der Waals surface area contributed by atoms with Crippen LogP contribution in [-0.2, 0) is 9.53 Å². The highest BCUT2D eigenvalue weighted by molar-refractivity contribution is 7.99. The van der Waals surface area contributed by atoms with Gasteiger partial charge in [0.25, 0.3) is 0 Å². The molecule has 0 bridgehead atoms. The van der Waals surface area contributed by atoms with Crippen LogP contribution in [0.5, 0.6) is 0 Å². The number of ether oxygens (including phenoxy) is 1. The lowest BCUT2D eigenvalue weighted by Crippen LogP contribution is -2.18. The number of hydrogen-bond donors (Lipinski definition) is 0. The van der Waals surface area contributed by atoms with Crippen molar-refractivity contribution in [2.75, 3.05) is 12.4 Å². The number of hydrogen-bond acceptors (Lipinski definition) is 7. The second kappa shape index (κ2) is 6.04. The van der Waals surface area contributed by atoms with Crippen molar-refractivity contribution >= 4 is 23.4 Å². The highest BCUT2D eigenvalue weighted by Gasteiger charge is 2.21. The van der Waals surface area contributed by atoms with Crippen molar-refractivity contribution in [1.29, 1.82) is 0 Å². The molecule has 0 amide bonds. The van der Waals surface area contributed by atoms with E-state index in [1.54, 1.807) is 24.0 Å². The first-order valence-corrected chi connectivity index (χ1v) is 7.47. The summed E-state index contributed by atoms with van der Waals surface area (Å²) < 4.78 is 6.60. The summed E-state index contributed by atoms with van der Waals surface area (Å²) in [5, 5.41) is 13.4. The average Bonchev–Trinajstić information content (AvgIpc) is 2.91. The summed E-state index contributed by atoms with van der Waals surface area (Å²) in [7, 11) is 0. The third-order valence-corrected chi connectivity index (χ3v) is 3.79. The predicted molar refractivity (Wildman–Crippen MR) is 78.1 cm³/mol. The standard InChI is InChI=1S/C13H13N5O2S/c1-2-20-11(19)6-10-8-21-13-16-15-12(18(13)17-10)9-4-3-5-14-7-9/h3-5,7H,2,6,8H2,1H3. The SMILES string of the molecule is CCOC(=O)CC1=Nn2c(nnc2-c2cccnc2)SC1. The third-order valence-electron chi connectivity index (χ3n) is 2.79. The van der Waals surface area contributed by atoms with Crippen LogP contribution in [0.25, 0.3) is 11.4 Å². The zero-order valence-electron chi connectivity index (χ0n) is 11.4. The van der Waals surface area contributed by atoms with Crippen molar-refractivity contribution in [3.63, 3.8) is 0 Å². The second-order valence-corrected chi connectivity index (χ2v) is 5.24. The molecule has 1 aliphatic heterocycles. The first kappa shape index (κ1) is 13.7. The summed E-state index contributed by atoms with van der Waals surface area (Å²) in [4.78, 5) is 15.6. The molecule has 2 aromatic heterocycles. The van der Waals surface area contributed by atoms with Gasteiger partial charge in [-0.2, -0.15) is 9.78 Å². The van der Waals surface area contributed by atoms with Crippen molar-refractivity contribution in [3.8, 4) is 11.4 Å². The highest BCUT2D eigenvalue weighted by atomic mass is 32.2. The van der Waals surface area contributed by atoms with Crippen LogP contribution in [0.3, 0.4) is 0 Å². The second-order valence-electron chi connectivity index (χ2n) is 4.30. The lowest BCUT2D eigenvalue weighted by molar-refractivity contribution is -0.141. The number of fused-ring (bicyclic) bond motifs is 1. The van der Waals surface area contributed by atoms with Gasteiger partial charge in [-0.15, -0.1) is 10.2 Å². The number of carbonyl (C=O) groups excluding carboxylic acids is 1. The molecular weight excluding hydrogens is 290 g/mol. The van der Waals surface area contributed by atoms with Crippen LogP contribution in [-0.4, -0.2) is 43.9 Å². The Bertz CT molecular complexity index is 683. The van der Waals surface area contributed by atoms with E-state index >= 15 is 0 Å². The number of pyridine rings is 1. The topological polar surface area (TPSA) is 82.3 Å². The van der Waals surface area contributed by atoms with E-state index in [1.807, 2.05) is 12.1 Å². The van der Waals surface area contributed by atoms with Crippen LogP contribution >= 0.6 is 11.8 Å². The smallest absolute Gasteiger partial charge is 0.311 e. The van der Waals surface area contributed by atoms with E-state index < -0.39 is 0 Å². The van der Waals surface area contributed by atoms with E-state index in [2.05, 4.69) is 20.3 Å². The van der Waals surface area contributed by atoms with E-state index in [0.29, 0.717) is 23.3 Å². The first-order chi connectivity index (χ1) is 10.3. The van der Waals surface area contributed by atoms with Gasteiger partial charge >= 0.3 is 5.97 Å². The number of nitrogens with zero attached hydrogens (tertiary/aromatic N) is 5. The van der Waals surface area contributed by atoms with Crippen molar-refractivity contribution in [2.45, 2.75) is 18.5 Å². The molecule has 3 heterocycles. The molecule has 2 aromatic rings. The number of aromatic nitrogens is 4. The molecule has 0 aliphatic carbocycles. The van der Waals surface area contributed by atoms with Crippen molar-refractivity contribution in [2.24, 2.45) is 5.10 Å². The van der Waals surface area contributed by atoms with Crippen LogP contribution in [0.4, 0.5) is 0 Å². The van der Waals surface area contributed by atoms with Crippen molar-refractivity contribution < 1.29 is 9.53 Å². The van der Waals surface area contributed by atoms with Gasteiger partial charge in [-0.1, -0.05) is 11.8 Å². The van der Waals surface area contributed by atoms with Gasteiger partial charge in [-0.25, -0.2) is 0 Å². The predicted octanol–water partition coefficient (Wildman–Crippen LogP) is 1.60. The van der Waals surface area contributed by atoms with Gasteiger partial charge in [0.2, 0.25) is 5.16 Å². The molecule has 0 N–H and O–H groups in total. The Balaban J connectivity index is 1.89. The van der Waals surface area contributed by atoms with Crippen LogP contribution < -0.4 is 0 Å². The zero-order valence-corrected chi connectivity index (χ0v) is 12.2. The molecule has 0 fully saturated rings. The average molecular weight is 303 g/mol. The molecule has 0 saturated heterocycles. The van der Waals surface area contributed by atoms with E-state index in [0.717, 1.165) is 11.3 Å². The molecule has 1 aliphatic rings. The summed E-state index contributed by atoms with van der Waals surface area (Å²) in [6.07, 6.45) is 3.59. The molecule has 21 heavy (non-hydrogen) atoms. The Hall–Kier alpha value is -2.22. The van der Waals surface area contributed by atoms with Crippen LogP contribution in [0.2, 0.25) is 0 Å². The van der Waals surface area contributed by atoms with Gasteiger partial charge in [0.15, 0.2) is 5.82 Å². The van der Waals surface area contributed by atoms with E-state index in [9.17, 15) is 4.79 Å². The van der Waals surface area contributed by atoms with Crippen molar-refractivity contribution in [1.82, 2.24) is 19.9 Å². The van der Waals surface area contributed by atoms with Gasteiger partial charge in [-0.3, -0.25) is 9.78 Å². The van der Waals surface area contributed by atoms with Crippen molar-refractivity contribution in [3.05, 3.63) is 24.5 Å². The maximum absolute atomic E-state index is 11.6. The Morgan fingerprint density at radius 2 is 2.38 bits per heavy atom. The van der Waals surface area contributed by atoms with E-state index in [4.69, 9.17) is 4.74 Å². The Morgan fingerprint density at radius 3 is 3.14 bits per heavy atom. The highest BCUT2D eigenvalue weighted by Crippen LogP contribution is 2.27. The summed E-state index contributed by atoms with van der Waals surface area (Å²) in [5.74, 6) is 0.965. The fourth-order valence-electron chi connectivity index (χ4n) is 1.90. The molecule has 108 valence electrons. The molecule has 0 atom stereocenters. The fraction of sp³-hybridized carbons (Fsp3) is 0.308. The molecule has 0 spiro atoms. The number of rotatable bonds is 4. The van der Waals surface area contributed by atoms with Crippen LogP contribution in [0.15, 0.2) is 34.8 Å². The molecule has 7 nitrogen and oxygen atoms in total. The summed E-state index contributed by atoms with van der Waals surface area (Å²) in [6.45, 7) is 2.16. The lowest BCUT2D eigenvalue weighted by Gasteiger charge is -2.13. The minimum absolute atomic E-state index is 0.185. The largest absolute Gasteiger partial charge is 0.466 e. The molecule has 8 heteroatoms. The van der Waals surface area contributed by atoms with Crippen LogP contribution in [0, 0.1) is 0 Å². The van der Waals surface area contributed by atoms with Gasteiger partial charge in [0, 0.05) is 23.7 Å². The first-order valence-electron chi connectivity index (χ1n) is 6.49. The summed E-state index contributed by atoms with van der Waals surface area (Å²) >= 11 is 1.50. The zero-order chi connectivity index (χ0) is 14.7. The van der Waals surface area contributed by atoms with E-state index in [1.165, 1.54) is 11.8 Å². The van der Waals surface area contributed by atoms with E-state index in [-0.39, 0.29) is 12.4 Å². The maximum atomic E-state index is 11.6. The number of esters is 1. The number of thioether (sulfide) groups is 1. The molecule has 3 rings (SSSR count). The Kier molecular flexibility index (Phi) is 3.96. The quantitative estimate of drug-likeness (QED) is 0.798. The van der Waals surface area contributed by atoms with Gasteiger partial charge in [0.05, 0.1) is 18.7 Å². The lowest BCUT2D eigenvalue weighted by atomic mass is 10.3. The normalized spacial score (nSPS) is 13.5. The summed E-state index contributed by atoms with van der Waals surface area (Å²) in [6, 6.07) is 3.72. The Morgan fingerprint density at radius 1 is 1.48 bits per heavy atom. The molecular formula is C13H13N5O2S. The number of carbonyl (C=O) groups is 1. The fourth-order valence-corrected chi connectivity index (χ4v) is 2.71. The molecule has 0 saturated carbocycles. The van der Waals surface area contributed by atoms with Crippen LogP contribution in [0.1, 0.15) is 13.3 Å². The maximum Gasteiger partial charge on any atom is 0.311 e. The third kappa shape index (κ3) is 2.94. The molecule has 0 aromatic carbocycles. The van der Waals surface area contributed by atoms with Gasteiger partial charge in [-0.05, 0) is 19.1 Å². The van der Waals surface area contributed by atoms with Gasteiger partial charge in [0.1, 0.15) is 0 Å². The van der Waals surface area contributed by atoms with Gasteiger partial charge < -0.3 is 4.74 Å². The minimum Gasteiger partial charge on any atom is -0.466 e. The Labute approximate surface area is 125 Å². The molecule has 0 unspecified atom stereocenters. The monoisotopic (exact) mass is 303 g/mol. The minimum atomic E-state index is -0.267.